The maximum absolute atomic E-state index is 13.0. The minimum Gasteiger partial charge on any atom is -0.433 e. The summed E-state index contributed by atoms with van der Waals surface area (Å²) in [6.45, 7) is 0. The summed E-state index contributed by atoms with van der Waals surface area (Å²) in [5.74, 6) is -1.57. The Morgan fingerprint density at radius 3 is 2.62 bits per heavy atom. The van der Waals surface area contributed by atoms with Crippen molar-refractivity contribution in [1.29, 1.82) is 0 Å². The van der Waals surface area contributed by atoms with E-state index in [4.69, 9.17) is 4.74 Å². The van der Waals surface area contributed by atoms with Crippen LogP contribution in [-0.2, 0) is 14.3 Å². The standard InChI is InChI=1S/C19H15FN2O4/c20-11-5-7-12(8-6-11)21-17(24)15-9-10-16(23)22(15)18-13-3-1-2-4-14(13)19(25)26-18/h1-8,15,18H,9-10H2,(H,21,24)/t15-,18?/m0/s1. The number of amides is 2. The summed E-state index contributed by atoms with van der Waals surface area (Å²) in [7, 11) is 0. The lowest BCUT2D eigenvalue weighted by Gasteiger charge is -2.29. The molecule has 0 radical (unpaired) electrons. The van der Waals surface area contributed by atoms with Crippen molar-refractivity contribution in [3.8, 4) is 0 Å². The molecule has 0 spiro atoms. The number of anilines is 1. The number of rotatable bonds is 3. The average molecular weight is 354 g/mol. The molecule has 1 fully saturated rings. The Labute approximate surface area is 148 Å². The molecule has 2 aliphatic rings. The van der Waals surface area contributed by atoms with Crippen LogP contribution in [0.5, 0.6) is 0 Å². The van der Waals surface area contributed by atoms with Crippen LogP contribution in [0.4, 0.5) is 10.1 Å². The van der Waals surface area contributed by atoms with Gasteiger partial charge in [-0.05, 0) is 36.8 Å². The first-order valence-corrected chi connectivity index (χ1v) is 8.22. The number of likely N-dealkylation sites (tertiary alicyclic amines) is 1. The van der Waals surface area contributed by atoms with Crippen LogP contribution < -0.4 is 5.32 Å². The molecule has 1 N–H and O–H groups in total. The number of hydrogen-bond donors (Lipinski definition) is 1. The molecule has 26 heavy (non-hydrogen) atoms. The Kier molecular flexibility index (Phi) is 3.91. The summed E-state index contributed by atoms with van der Waals surface area (Å²) < 4.78 is 18.4. The smallest absolute Gasteiger partial charge is 0.340 e. The van der Waals surface area contributed by atoms with E-state index in [1.165, 1.54) is 29.2 Å². The molecular weight excluding hydrogens is 339 g/mol. The zero-order valence-corrected chi connectivity index (χ0v) is 13.6. The highest BCUT2D eigenvalue weighted by molar-refractivity contribution is 6.00. The lowest BCUT2D eigenvalue weighted by molar-refractivity contribution is -0.144. The number of hydrogen-bond acceptors (Lipinski definition) is 4. The van der Waals surface area contributed by atoms with Gasteiger partial charge < -0.3 is 10.1 Å². The molecule has 2 aromatic rings. The summed E-state index contributed by atoms with van der Waals surface area (Å²) in [5.41, 5.74) is 1.40. The molecule has 7 heteroatoms. The summed E-state index contributed by atoms with van der Waals surface area (Å²) in [4.78, 5) is 38.4. The van der Waals surface area contributed by atoms with Gasteiger partial charge >= 0.3 is 5.97 Å². The fourth-order valence-electron chi connectivity index (χ4n) is 3.35. The minimum absolute atomic E-state index is 0.192. The van der Waals surface area contributed by atoms with Gasteiger partial charge in [-0.15, -0.1) is 0 Å². The Morgan fingerprint density at radius 2 is 1.85 bits per heavy atom. The molecule has 2 aliphatic heterocycles. The molecule has 2 heterocycles. The second-order valence-corrected chi connectivity index (χ2v) is 6.20. The molecule has 0 saturated carbocycles. The molecule has 0 aromatic heterocycles. The Balaban J connectivity index is 1.59. The quantitative estimate of drug-likeness (QED) is 0.860. The van der Waals surface area contributed by atoms with Gasteiger partial charge in [-0.1, -0.05) is 18.2 Å². The van der Waals surface area contributed by atoms with Crippen molar-refractivity contribution < 1.29 is 23.5 Å². The number of ether oxygens (including phenoxy) is 1. The summed E-state index contributed by atoms with van der Waals surface area (Å²) in [6.07, 6.45) is -0.391. The van der Waals surface area contributed by atoms with Crippen LogP contribution in [0.15, 0.2) is 48.5 Å². The number of nitrogens with zero attached hydrogens (tertiary/aromatic N) is 1. The molecule has 0 aliphatic carbocycles. The molecule has 1 unspecified atom stereocenters. The molecule has 132 valence electrons. The van der Waals surface area contributed by atoms with Gasteiger partial charge in [-0.25, -0.2) is 9.18 Å². The van der Waals surface area contributed by atoms with Crippen molar-refractivity contribution in [1.82, 2.24) is 4.90 Å². The number of halogens is 1. The summed E-state index contributed by atoms with van der Waals surface area (Å²) in [5, 5.41) is 2.68. The number of esters is 1. The van der Waals surface area contributed by atoms with Crippen LogP contribution in [0.3, 0.4) is 0 Å². The number of cyclic esters (lactones) is 1. The minimum atomic E-state index is -0.905. The third-order valence-electron chi connectivity index (χ3n) is 4.59. The monoisotopic (exact) mass is 354 g/mol. The maximum Gasteiger partial charge on any atom is 0.340 e. The molecule has 1 saturated heterocycles. The third-order valence-corrected chi connectivity index (χ3v) is 4.59. The average Bonchev–Trinajstić information content (AvgIpc) is 3.17. The zero-order chi connectivity index (χ0) is 18.3. The first-order chi connectivity index (χ1) is 12.5. The van der Waals surface area contributed by atoms with Crippen LogP contribution in [0.1, 0.15) is 35.0 Å². The highest BCUT2D eigenvalue weighted by Crippen LogP contribution is 2.38. The normalized spacial score (nSPS) is 21.5. The highest BCUT2D eigenvalue weighted by atomic mass is 19.1. The lowest BCUT2D eigenvalue weighted by Crippen LogP contribution is -2.43. The zero-order valence-electron chi connectivity index (χ0n) is 13.6. The molecular formula is C19H15FN2O4. The van der Waals surface area contributed by atoms with E-state index < -0.39 is 30.0 Å². The van der Waals surface area contributed by atoms with E-state index in [9.17, 15) is 18.8 Å². The fourth-order valence-corrected chi connectivity index (χ4v) is 3.35. The second kappa shape index (κ2) is 6.25. The SMILES string of the molecule is O=C1OC(N2C(=O)CC[C@H]2C(=O)Nc2ccc(F)cc2)c2ccccc21. The largest absolute Gasteiger partial charge is 0.433 e. The molecule has 0 bridgehead atoms. The van der Waals surface area contributed by atoms with E-state index in [0.29, 0.717) is 23.2 Å². The highest BCUT2D eigenvalue weighted by Gasteiger charge is 2.46. The van der Waals surface area contributed by atoms with Gasteiger partial charge in [-0.3, -0.25) is 14.5 Å². The van der Waals surface area contributed by atoms with Gasteiger partial charge in [-0.2, -0.15) is 0 Å². The summed E-state index contributed by atoms with van der Waals surface area (Å²) >= 11 is 0. The first-order valence-electron chi connectivity index (χ1n) is 8.22. The van der Waals surface area contributed by atoms with E-state index in [1.807, 2.05) is 0 Å². The van der Waals surface area contributed by atoms with Crippen molar-refractivity contribution >= 4 is 23.5 Å². The van der Waals surface area contributed by atoms with E-state index in [1.54, 1.807) is 24.3 Å². The van der Waals surface area contributed by atoms with Crippen LogP contribution in [0.25, 0.3) is 0 Å². The summed E-state index contributed by atoms with van der Waals surface area (Å²) in [6, 6.07) is 11.4. The predicted octanol–water partition coefficient (Wildman–Crippen LogP) is 2.62. The second-order valence-electron chi connectivity index (χ2n) is 6.20. The first kappa shape index (κ1) is 16.3. The molecule has 4 rings (SSSR count). The number of fused-ring (bicyclic) bond motifs is 1. The topological polar surface area (TPSA) is 75.7 Å². The van der Waals surface area contributed by atoms with Crippen LogP contribution in [0, 0.1) is 5.82 Å². The molecule has 2 aromatic carbocycles. The predicted molar refractivity (Wildman–Crippen MR) is 89.5 cm³/mol. The molecule has 2 atom stereocenters. The van der Waals surface area contributed by atoms with Crippen LogP contribution >= 0.6 is 0 Å². The van der Waals surface area contributed by atoms with E-state index in [0.717, 1.165) is 0 Å². The Bertz CT molecular complexity index is 897. The number of nitrogens with one attached hydrogen (secondary N) is 1. The van der Waals surface area contributed by atoms with Gasteiger partial charge in [0.05, 0.1) is 5.56 Å². The number of benzene rings is 2. The van der Waals surface area contributed by atoms with Crippen molar-refractivity contribution in [2.75, 3.05) is 5.32 Å². The van der Waals surface area contributed by atoms with Crippen molar-refractivity contribution in [3.63, 3.8) is 0 Å². The number of carbonyl (C=O) groups is 3. The van der Waals surface area contributed by atoms with Crippen LogP contribution in [-0.4, -0.2) is 28.7 Å². The van der Waals surface area contributed by atoms with Crippen molar-refractivity contribution in [2.45, 2.75) is 25.1 Å². The maximum atomic E-state index is 13.0. The molecule has 2 amide bonds. The van der Waals surface area contributed by atoms with Gasteiger partial charge in [0.1, 0.15) is 11.9 Å². The van der Waals surface area contributed by atoms with E-state index in [-0.39, 0.29) is 12.3 Å². The third kappa shape index (κ3) is 2.71. The van der Waals surface area contributed by atoms with Gasteiger partial charge in [0.15, 0.2) is 0 Å². The lowest BCUT2D eigenvalue weighted by atomic mass is 10.1. The van der Waals surface area contributed by atoms with Crippen molar-refractivity contribution in [3.05, 3.63) is 65.5 Å². The van der Waals surface area contributed by atoms with E-state index in [2.05, 4.69) is 5.32 Å². The van der Waals surface area contributed by atoms with Crippen LogP contribution in [0.2, 0.25) is 0 Å². The Morgan fingerprint density at radius 1 is 1.12 bits per heavy atom. The van der Waals surface area contributed by atoms with Gasteiger partial charge in [0, 0.05) is 17.7 Å². The number of carbonyl (C=O) groups excluding carboxylic acids is 3. The Hall–Kier alpha value is -3.22. The van der Waals surface area contributed by atoms with Gasteiger partial charge in [0.25, 0.3) is 0 Å². The molecule has 6 nitrogen and oxygen atoms in total. The fraction of sp³-hybridized carbons (Fsp3) is 0.211. The van der Waals surface area contributed by atoms with Gasteiger partial charge in [0.2, 0.25) is 18.0 Å². The van der Waals surface area contributed by atoms with E-state index >= 15 is 0 Å². The van der Waals surface area contributed by atoms with Crippen molar-refractivity contribution in [2.24, 2.45) is 0 Å².